The van der Waals surface area contributed by atoms with Crippen LogP contribution in [0.3, 0.4) is 0 Å². The van der Waals surface area contributed by atoms with Crippen molar-refractivity contribution in [2.45, 2.75) is 88.8 Å². The fraction of sp³-hybridized carbons (Fsp3) is 0.760. The topological polar surface area (TPSA) is 47.9 Å². The van der Waals surface area contributed by atoms with Gasteiger partial charge < -0.3 is 19.0 Å². The third-order valence-electron chi connectivity index (χ3n) is 8.51. The fourth-order valence-corrected chi connectivity index (χ4v) is 6.93. The van der Waals surface area contributed by atoms with Gasteiger partial charge >= 0.3 is 6.18 Å². The van der Waals surface area contributed by atoms with Crippen molar-refractivity contribution in [2.24, 2.45) is 17.8 Å². The average molecular weight is 487 g/mol. The number of ether oxygens (including phenoxy) is 2. The molecular formula is C25H37F3O4Si. The van der Waals surface area contributed by atoms with Gasteiger partial charge in [0.25, 0.3) is 0 Å². The normalized spacial score (nSPS) is 30.3. The van der Waals surface area contributed by atoms with Gasteiger partial charge in [-0.3, -0.25) is 0 Å². The third kappa shape index (κ3) is 4.78. The van der Waals surface area contributed by atoms with Crippen molar-refractivity contribution in [3.8, 4) is 0 Å². The highest BCUT2D eigenvalue weighted by Gasteiger charge is 2.64. The van der Waals surface area contributed by atoms with Crippen molar-refractivity contribution in [3.05, 3.63) is 35.4 Å². The molecule has 0 aromatic heterocycles. The number of aliphatic hydroxyl groups excluding tert-OH is 1. The number of alkyl halides is 3. The van der Waals surface area contributed by atoms with Crippen LogP contribution in [0.2, 0.25) is 18.1 Å². The molecule has 4 nitrogen and oxygen atoms in total. The van der Waals surface area contributed by atoms with E-state index in [1.807, 2.05) is 0 Å². The molecule has 2 aliphatic carbocycles. The molecule has 1 spiro atoms. The van der Waals surface area contributed by atoms with E-state index in [0.717, 1.165) is 12.5 Å². The van der Waals surface area contributed by atoms with Gasteiger partial charge in [-0.1, -0.05) is 32.9 Å². The van der Waals surface area contributed by atoms with E-state index in [-0.39, 0.29) is 16.9 Å². The Morgan fingerprint density at radius 1 is 1.18 bits per heavy atom. The summed E-state index contributed by atoms with van der Waals surface area (Å²) in [4.78, 5) is 0. The van der Waals surface area contributed by atoms with Gasteiger partial charge in [0.1, 0.15) is 0 Å². The van der Waals surface area contributed by atoms with Gasteiger partial charge in [-0.05, 0) is 66.9 Å². The average Bonchev–Trinajstić information content (AvgIpc) is 3.29. The first-order valence-electron chi connectivity index (χ1n) is 12.0. The molecule has 1 aromatic rings. The molecule has 1 aromatic carbocycles. The quantitative estimate of drug-likeness (QED) is 0.479. The van der Waals surface area contributed by atoms with E-state index < -0.39 is 38.1 Å². The molecule has 3 fully saturated rings. The summed E-state index contributed by atoms with van der Waals surface area (Å²) in [5, 5.41) is 10.8. The maximum atomic E-state index is 13.4. The monoisotopic (exact) mass is 486 g/mol. The van der Waals surface area contributed by atoms with Crippen molar-refractivity contribution >= 4 is 8.32 Å². The number of hydrogen-bond donors (Lipinski definition) is 1. The van der Waals surface area contributed by atoms with Crippen molar-refractivity contribution in [1.82, 2.24) is 0 Å². The lowest BCUT2D eigenvalue weighted by atomic mass is 9.66. The van der Waals surface area contributed by atoms with Crippen LogP contribution in [0.4, 0.5) is 13.2 Å². The Kier molecular flexibility index (Phi) is 6.58. The zero-order valence-corrected chi connectivity index (χ0v) is 21.2. The van der Waals surface area contributed by atoms with Crippen molar-refractivity contribution in [1.29, 1.82) is 0 Å². The highest BCUT2D eigenvalue weighted by atomic mass is 28.4. The predicted molar refractivity (Wildman–Crippen MR) is 122 cm³/mol. The minimum absolute atomic E-state index is 0.0671. The molecule has 0 radical (unpaired) electrons. The molecule has 33 heavy (non-hydrogen) atoms. The van der Waals surface area contributed by atoms with Gasteiger partial charge in [0.15, 0.2) is 14.1 Å². The van der Waals surface area contributed by atoms with E-state index in [0.29, 0.717) is 44.0 Å². The second-order valence-electron chi connectivity index (χ2n) is 11.5. The Bertz CT molecular complexity index is 845. The lowest BCUT2D eigenvalue weighted by Gasteiger charge is -2.49. The van der Waals surface area contributed by atoms with Crippen LogP contribution in [0.1, 0.15) is 63.7 Å². The molecule has 1 heterocycles. The maximum Gasteiger partial charge on any atom is 0.416 e. The first kappa shape index (κ1) is 25.2. The summed E-state index contributed by atoms with van der Waals surface area (Å²) in [6, 6.07) is 5.53. The first-order valence-corrected chi connectivity index (χ1v) is 15.0. The SMILES string of the molecule is CC(C)(C)[Si](C)(C)OC(CCC1C(O)CC2C1CC21OCCO1)c1cccc(C(F)(F)F)c1. The van der Waals surface area contributed by atoms with E-state index in [4.69, 9.17) is 13.9 Å². The van der Waals surface area contributed by atoms with Gasteiger partial charge in [0.05, 0.1) is 31.0 Å². The fourth-order valence-electron chi connectivity index (χ4n) is 5.61. The summed E-state index contributed by atoms with van der Waals surface area (Å²) in [6.07, 6.45) is -2.55. The Morgan fingerprint density at radius 3 is 2.45 bits per heavy atom. The highest BCUT2D eigenvalue weighted by Crippen LogP contribution is 2.61. The second kappa shape index (κ2) is 8.62. The summed E-state index contributed by atoms with van der Waals surface area (Å²) in [5.41, 5.74) is -0.0903. The van der Waals surface area contributed by atoms with E-state index in [1.54, 1.807) is 6.07 Å². The van der Waals surface area contributed by atoms with Crippen LogP contribution in [0, 0.1) is 17.8 Å². The largest absolute Gasteiger partial charge is 0.416 e. The van der Waals surface area contributed by atoms with Crippen LogP contribution in [0.5, 0.6) is 0 Å². The number of hydrogen-bond acceptors (Lipinski definition) is 4. The first-order chi connectivity index (χ1) is 15.2. The van der Waals surface area contributed by atoms with Crippen LogP contribution in [-0.2, 0) is 20.1 Å². The molecule has 0 bridgehead atoms. The van der Waals surface area contributed by atoms with Crippen LogP contribution in [0.15, 0.2) is 24.3 Å². The zero-order chi connectivity index (χ0) is 24.2. The Morgan fingerprint density at radius 2 is 1.85 bits per heavy atom. The molecule has 0 amide bonds. The van der Waals surface area contributed by atoms with Crippen LogP contribution < -0.4 is 0 Å². The summed E-state index contributed by atoms with van der Waals surface area (Å²) in [5.74, 6) is 0.101. The van der Waals surface area contributed by atoms with Gasteiger partial charge in [0.2, 0.25) is 0 Å². The van der Waals surface area contributed by atoms with Crippen LogP contribution >= 0.6 is 0 Å². The van der Waals surface area contributed by atoms with Crippen molar-refractivity contribution in [3.63, 3.8) is 0 Å². The summed E-state index contributed by atoms with van der Waals surface area (Å²) < 4.78 is 58.6. The van der Waals surface area contributed by atoms with Crippen LogP contribution in [-0.4, -0.2) is 38.5 Å². The summed E-state index contributed by atoms with van der Waals surface area (Å²) in [6.45, 7) is 11.8. The molecule has 1 aliphatic heterocycles. The molecule has 3 aliphatic rings. The smallest absolute Gasteiger partial charge is 0.410 e. The number of fused-ring (bicyclic) bond motifs is 2. The van der Waals surface area contributed by atoms with Gasteiger partial charge in [-0.25, -0.2) is 0 Å². The molecule has 1 N–H and O–H groups in total. The van der Waals surface area contributed by atoms with Gasteiger partial charge in [-0.2, -0.15) is 13.2 Å². The molecule has 4 rings (SSSR count). The van der Waals surface area contributed by atoms with E-state index >= 15 is 0 Å². The standard InChI is InChI=1S/C25H37F3O4Si/c1-23(2,3)33(4,5)32-22(16-7-6-8-17(13-16)25(26,27)28)10-9-18-19-15-24(30-11-12-31-24)20(19)14-21(18)29/h6-8,13,18-22,29H,9-12,14-15H2,1-5H3. The molecular weight excluding hydrogens is 449 g/mol. The molecule has 5 unspecified atom stereocenters. The Labute approximate surface area is 195 Å². The highest BCUT2D eigenvalue weighted by molar-refractivity contribution is 6.74. The molecule has 2 saturated carbocycles. The Hall–Kier alpha value is -0.933. The number of rotatable bonds is 6. The van der Waals surface area contributed by atoms with E-state index in [1.165, 1.54) is 12.1 Å². The number of benzene rings is 1. The summed E-state index contributed by atoms with van der Waals surface area (Å²) in [7, 11) is -2.23. The van der Waals surface area contributed by atoms with Crippen LogP contribution in [0.25, 0.3) is 0 Å². The third-order valence-corrected chi connectivity index (χ3v) is 13.0. The molecule has 8 heteroatoms. The molecule has 186 valence electrons. The number of aliphatic hydroxyl groups is 1. The maximum absolute atomic E-state index is 13.4. The Balaban J connectivity index is 1.52. The van der Waals surface area contributed by atoms with Gasteiger partial charge in [0, 0.05) is 12.3 Å². The lowest BCUT2D eigenvalue weighted by Crippen LogP contribution is -2.54. The minimum atomic E-state index is -4.39. The minimum Gasteiger partial charge on any atom is -0.410 e. The lowest BCUT2D eigenvalue weighted by molar-refractivity contribution is -0.272. The molecule has 5 atom stereocenters. The van der Waals surface area contributed by atoms with E-state index in [2.05, 4.69) is 33.9 Å². The zero-order valence-electron chi connectivity index (χ0n) is 20.2. The van der Waals surface area contributed by atoms with E-state index in [9.17, 15) is 18.3 Å². The predicted octanol–water partition coefficient (Wildman–Crippen LogP) is 6.31. The molecule has 1 saturated heterocycles. The van der Waals surface area contributed by atoms with Crippen molar-refractivity contribution in [2.75, 3.05) is 13.2 Å². The second-order valence-corrected chi connectivity index (χ2v) is 16.3. The number of halogens is 3. The van der Waals surface area contributed by atoms with Crippen molar-refractivity contribution < 1.29 is 32.2 Å². The summed E-state index contributed by atoms with van der Waals surface area (Å²) >= 11 is 0. The van der Waals surface area contributed by atoms with Gasteiger partial charge in [-0.15, -0.1) is 0 Å².